The number of rotatable bonds is 15. The van der Waals surface area contributed by atoms with E-state index in [1.54, 1.807) is 18.3 Å². The molecule has 9 nitrogen and oxygen atoms in total. The Balaban J connectivity index is 1.94. The van der Waals surface area contributed by atoms with Gasteiger partial charge in [-0.15, -0.1) is 11.3 Å². The number of aliphatic carboxylic acids is 1. The first kappa shape index (κ1) is 32.2. The summed E-state index contributed by atoms with van der Waals surface area (Å²) >= 11 is 1.58. The van der Waals surface area contributed by atoms with Gasteiger partial charge in [0.1, 0.15) is 11.6 Å². The number of aromatic nitrogens is 1. The molecule has 0 aliphatic carbocycles. The Morgan fingerprint density at radius 2 is 1.82 bits per heavy atom. The standard InChI is InChI=1S/C28H44N2O7S/c1-14(9-19-13-38-18(5)30-19)20(29)11-23-28(8,37-23)15(2)10-21(31)16(3)25(35)17(4)26(36)27(6,7)22(32)12-24(33)34/h9,13,15-17,20,22-23,25,32,35H,10-12,29H2,1-8H3,(H,33,34)/b14-9+/t15?,16-,17+,20-,22-,23-,25-,28+/m0/s1. The molecule has 10 heteroatoms. The van der Waals surface area contributed by atoms with E-state index >= 15 is 0 Å². The molecule has 1 aromatic heterocycles. The summed E-state index contributed by atoms with van der Waals surface area (Å²) < 4.78 is 6.01. The van der Waals surface area contributed by atoms with Crippen molar-refractivity contribution < 1.29 is 34.4 Å². The molecule has 0 saturated carbocycles. The molecule has 0 aromatic carbocycles. The van der Waals surface area contributed by atoms with Crippen molar-refractivity contribution in [2.24, 2.45) is 28.9 Å². The Bertz CT molecular complexity index is 1050. The van der Waals surface area contributed by atoms with Gasteiger partial charge in [-0.1, -0.05) is 40.2 Å². The molecule has 1 aliphatic rings. The SMILES string of the molecule is C/C(=C\c1csc(C)n1)[C@@H](N)C[C@@H]1O[C@]1(C)C(C)CC(=O)[C@H](C)[C@H](O)[C@@H](C)C(=O)C(C)(C)[C@@H](O)CC(=O)O. The number of thiazole rings is 1. The lowest BCUT2D eigenvalue weighted by Gasteiger charge is -2.34. The third kappa shape index (κ3) is 7.57. The van der Waals surface area contributed by atoms with E-state index in [0.717, 1.165) is 16.3 Å². The fraction of sp³-hybridized carbons (Fsp3) is 0.714. The molecule has 214 valence electrons. The van der Waals surface area contributed by atoms with Crippen molar-refractivity contribution in [1.29, 1.82) is 0 Å². The summed E-state index contributed by atoms with van der Waals surface area (Å²) in [7, 11) is 0. The Hall–Kier alpha value is -1.98. The van der Waals surface area contributed by atoms with Gasteiger partial charge in [0.15, 0.2) is 0 Å². The summed E-state index contributed by atoms with van der Waals surface area (Å²) in [6.45, 7) is 13.8. The van der Waals surface area contributed by atoms with Crippen molar-refractivity contribution in [2.45, 2.75) is 105 Å². The molecular weight excluding hydrogens is 508 g/mol. The number of aliphatic hydroxyl groups excluding tert-OH is 2. The third-order valence-electron chi connectivity index (χ3n) is 8.31. The van der Waals surface area contributed by atoms with Gasteiger partial charge in [0.25, 0.3) is 0 Å². The minimum atomic E-state index is -1.41. The molecule has 1 unspecified atom stereocenters. The Morgan fingerprint density at radius 3 is 2.34 bits per heavy atom. The second kappa shape index (κ2) is 12.5. The Morgan fingerprint density at radius 1 is 1.21 bits per heavy atom. The van der Waals surface area contributed by atoms with Crippen molar-refractivity contribution in [2.75, 3.05) is 0 Å². The molecule has 0 amide bonds. The maximum atomic E-state index is 13.1. The molecule has 0 radical (unpaired) electrons. The first-order valence-corrected chi connectivity index (χ1v) is 14.0. The lowest BCUT2D eigenvalue weighted by molar-refractivity contribution is -0.147. The molecule has 1 fully saturated rings. The van der Waals surface area contributed by atoms with E-state index in [0.29, 0.717) is 6.42 Å². The van der Waals surface area contributed by atoms with Crippen LogP contribution in [0.25, 0.3) is 6.08 Å². The largest absolute Gasteiger partial charge is 0.481 e. The van der Waals surface area contributed by atoms with Crippen LogP contribution in [0.5, 0.6) is 0 Å². The zero-order valence-corrected chi connectivity index (χ0v) is 24.5. The van der Waals surface area contributed by atoms with Crippen LogP contribution in [0.15, 0.2) is 11.0 Å². The number of ketones is 2. The van der Waals surface area contributed by atoms with Crippen LogP contribution < -0.4 is 5.73 Å². The van der Waals surface area contributed by atoms with E-state index in [2.05, 4.69) is 4.98 Å². The van der Waals surface area contributed by atoms with E-state index in [-0.39, 0.29) is 30.3 Å². The van der Waals surface area contributed by atoms with Crippen LogP contribution in [0.2, 0.25) is 0 Å². The van der Waals surface area contributed by atoms with Gasteiger partial charge in [-0.3, -0.25) is 14.4 Å². The summed E-state index contributed by atoms with van der Waals surface area (Å²) in [4.78, 5) is 41.5. The van der Waals surface area contributed by atoms with Crippen LogP contribution >= 0.6 is 11.3 Å². The van der Waals surface area contributed by atoms with E-state index in [1.807, 2.05) is 39.2 Å². The van der Waals surface area contributed by atoms with E-state index in [4.69, 9.17) is 15.6 Å². The fourth-order valence-corrected chi connectivity index (χ4v) is 5.40. The average molecular weight is 553 g/mol. The number of hydrogen-bond donors (Lipinski definition) is 4. The highest BCUT2D eigenvalue weighted by Crippen LogP contribution is 2.47. The van der Waals surface area contributed by atoms with Crippen molar-refractivity contribution in [1.82, 2.24) is 4.98 Å². The molecular formula is C28H44N2O7S. The van der Waals surface area contributed by atoms with E-state index < -0.39 is 53.2 Å². The molecule has 0 bridgehead atoms. The monoisotopic (exact) mass is 552 g/mol. The molecule has 38 heavy (non-hydrogen) atoms. The normalized spacial score (nSPS) is 24.7. The highest BCUT2D eigenvalue weighted by atomic mass is 32.1. The summed E-state index contributed by atoms with van der Waals surface area (Å²) in [5.41, 5.74) is 6.40. The number of hydrogen-bond acceptors (Lipinski definition) is 9. The van der Waals surface area contributed by atoms with Crippen molar-refractivity contribution >= 4 is 34.9 Å². The maximum absolute atomic E-state index is 13.1. The zero-order valence-electron chi connectivity index (χ0n) is 23.7. The van der Waals surface area contributed by atoms with Crippen LogP contribution in [0.1, 0.15) is 78.4 Å². The van der Waals surface area contributed by atoms with Gasteiger partial charge in [-0.2, -0.15) is 0 Å². The van der Waals surface area contributed by atoms with Crippen LogP contribution in [0.3, 0.4) is 0 Å². The third-order valence-corrected chi connectivity index (χ3v) is 9.10. The number of ether oxygens (including phenoxy) is 1. The number of aliphatic hydroxyl groups is 2. The van der Waals surface area contributed by atoms with Gasteiger partial charge in [-0.25, -0.2) is 4.98 Å². The molecule has 0 spiro atoms. The quantitative estimate of drug-likeness (QED) is 0.239. The number of carboxylic acid groups (broad SMARTS) is 1. The number of carbonyl (C=O) groups is 3. The predicted molar refractivity (Wildman–Crippen MR) is 147 cm³/mol. The second-order valence-corrected chi connectivity index (χ2v) is 12.7. The minimum absolute atomic E-state index is 0.0990. The van der Waals surface area contributed by atoms with Crippen LogP contribution in [-0.4, -0.2) is 67.8 Å². The molecule has 1 saturated heterocycles. The smallest absolute Gasteiger partial charge is 0.306 e. The summed E-state index contributed by atoms with van der Waals surface area (Å²) in [6.07, 6.45) is -0.606. The van der Waals surface area contributed by atoms with E-state index in [1.165, 1.54) is 20.8 Å². The second-order valence-electron chi connectivity index (χ2n) is 11.7. The molecule has 1 aliphatic heterocycles. The van der Waals surface area contributed by atoms with Gasteiger partial charge in [0.05, 0.1) is 46.5 Å². The molecule has 5 N–H and O–H groups in total. The first-order valence-electron chi connectivity index (χ1n) is 13.1. The number of aryl methyl sites for hydroxylation is 1. The van der Waals surface area contributed by atoms with Gasteiger partial charge < -0.3 is 25.8 Å². The summed E-state index contributed by atoms with van der Waals surface area (Å²) in [6, 6.07) is -0.209. The topological polar surface area (TPSA) is 163 Å². The zero-order chi connectivity index (χ0) is 29.2. The highest BCUT2D eigenvalue weighted by Gasteiger charge is 2.56. The Labute approximate surface area is 229 Å². The first-order chi connectivity index (χ1) is 17.4. The van der Waals surface area contributed by atoms with Gasteiger partial charge in [-0.05, 0) is 39.2 Å². The lowest BCUT2D eigenvalue weighted by atomic mass is 9.72. The summed E-state index contributed by atoms with van der Waals surface area (Å²) in [5, 5.41) is 33.0. The molecule has 1 aromatic rings. The van der Waals surface area contributed by atoms with Gasteiger partial charge in [0.2, 0.25) is 0 Å². The van der Waals surface area contributed by atoms with Gasteiger partial charge in [0, 0.05) is 29.7 Å². The molecule has 2 heterocycles. The van der Waals surface area contributed by atoms with E-state index in [9.17, 15) is 24.6 Å². The number of carboxylic acids is 1. The van der Waals surface area contributed by atoms with Crippen LogP contribution in [0, 0.1) is 30.1 Å². The molecule has 8 atom stereocenters. The minimum Gasteiger partial charge on any atom is -0.481 e. The number of Topliss-reactive ketones (excluding diaryl/α,β-unsaturated/α-hetero) is 2. The summed E-state index contributed by atoms with van der Waals surface area (Å²) in [5.74, 6) is -3.82. The predicted octanol–water partition coefficient (Wildman–Crippen LogP) is 3.39. The lowest BCUT2D eigenvalue weighted by Crippen LogP contribution is -2.46. The van der Waals surface area contributed by atoms with Crippen LogP contribution in [-0.2, 0) is 19.1 Å². The highest BCUT2D eigenvalue weighted by molar-refractivity contribution is 7.09. The number of nitrogens with two attached hydrogens (primary N) is 1. The number of epoxide rings is 1. The van der Waals surface area contributed by atoms with Crippen molar-refractivity contribution in [3.05, 3.63) is 21.7 Å². The number of carbonyl (C=O) groups excluding carboxylic acids is 2. The Kier molecular flexibility index (Phi) is 10.6. The fourth-order valence-electron chi connectivity index (χ4n) is 4.83. The number of nitrogens with zero attached hydrogens (tertiary/aromatic N) is 1. The average Bonchev–Trinajstić information content (AvgIpc) is 3.31. The molecule has 2 rings (SSSR count). The van der Waals surface area contributed by atoms with Crippen molar-refractivity contribution in [3.8, 4) is 0 Å². The van der Waals surface area contributed by atoms with Gasteiger partial charge >= 0.3 is 5.97 Å². The van der Waals surface area contributed by atoms with Crippen LogP contribution in [0.4, 0.5) is 0 Å². The van der Waals surface area contributed by atoms with Crippen molar-refractivity contribution in [3.63, 3.8) is 0 Å². The maximum Gasteiger partial charge on any atom is 0.306 e.